The molecule has 0 rings (SSSR count). The average molecular weight is 168 g/mol. The summed E-state index contributed by atoms with van der Waals surface area (Å²) in [5.41, 5.74) is 0. The van der Waals surface area contributed by atoms with Crippen LogP contribution in [-0.4, -0.2) is 14.2 Å². The van der Waals surface area contributed by atoms with E-state index in [1.165, 1.54) is 14.2 Å². The smallest absolute Gasteiger partial charge is 0.122 e. The molecule has 0 aliphatic carbocycles. The van der Waals surface area contributed by atoms with Crippen molar-refractivity contribution in [2.24, 2.45) is 0 Å². The molecule has 0 aliphatic heterocycles. The van der Waals surface area contributed by atoms with Crippen LogP contribution in [0.5, 0.6) is 0 Å². The van der Waals surface area contributed by atoms with Crippen molar-refractivity contribution in [1.82, 2.24) is 0 Å². The zero-order valence-electron chi connectivity index (χ0n) is 4.01. The minimum absolute atomic E-state index is 0. The van der Waals surface area contributed by atoms with Gasteiger partial charge in [0, 0.05) is 21.3 Å². The van der Waals surface area contributed by atoms with E-state index in [9.17, 15) is 4.57 Å². The van der Waals surface area contributed by atoms with E-state index in [0.717, 1.165) is 0 Å². The van der Waals surface area contributed by atoms with E-state index < -0.39 is 8.25 Å². The standard InChI is InChI=1S/C2H6O3P.Co/c1-4-6(3)5-2;/h1-2H3;/q+1;. The quantitative estimate of drug-likeness (QED) is 0.575. The van der Waals surface area contributed by atoms with E-state index in [0.29, 0.717) is 0 Å². The molecule has 0 bridgehead atoms. The van der Waals surface area contributed by atoms with E-state index in [-0.39, 0.29) is 16.8 Å². The van der Waals surface area contributed by atoms with E-state index in [1.54, 1.807) is 0 Å². The Morgan fingerprint density at radius 1 is 1.29 bits per heavy atom. The van der Waals surface area contributed by atoms with Gasteiger partial charge in [0.15, 0.2) is 0 Å². The molecule has 0 saturated carbocycles. The van der Waals surface area contributed by atoms with Gasteiger partial charge in [-0.05, 0) is 0 Å². The third kappa shape index (κ3) is 6.53. The van der Waals surface area contributed by atoms with Crippen LogP contribution in [0.15, 0.2) is 0 Å². The van der Waals surface area contributed by atoms with Crippen LogP contribution in [0.25, 0.3) is 0 Å². The predicted octanol–water partition coefficient (Wildman–Crippen LogP) is 0.934. The summed E-state index contributed by atoms with van der Waals surface area (Å²) >= 11 is 0. The number of hydrogen-bond acceptors (Lipinski definition) is 3. The van der Waals surface area contributed by atoms with Crippen LogP contribution in [0.3, 0.4) is 0 Å². The fraction of sp³-hybridized carbons (Fsp3) is 1.00. The Hall–Kier alpha value is 0.526. The monoisotopic (exact) mass is 168 g/mol. The summed E-state index contributed by atoms with van der Waals surface area (Å²) in [6, 6.07) is 0. The van der Waals surface area contributed by atoms with Crippen molar-refractivity contribution >= 4 is 8.25 Å². The molecule has 0 fully saturated rings. The first-order valence-electron chi connectivity index (χ1n) is 1.36. The van der Waals surface area contributed by atoms with Crippen LogP contribution < -0.4 is 0 Å². The molecule has 0 atom stereocenters. The van der Waals surface area contributed by atoms with Crippen molar-refractivity contribution in [1.29, 1.82) is 0 Å². The minimum Gasteiger partial charge on any atom is -0.122 e. The molecule has 0 aromatic rings. The maximum atomic E-state index is 9.88. The molecule has 45 valence electrons. The van der Waals surface area contributed by atoms with Crippen LogP contribution in [0.2, 0.25) is 0 Å². The van der Waals surface area contributed by atoms with Gasteiger partial charge in [-0.2, -0.15) is 0 Å². The van der Waals surface area contributed by atoms with E-state index in [2.05, 4.69) is 9.05 Å². The summed E-state index contributed by atoms with van der Waals surface area (Å²) in [6.45, 7) is 0. The van der Waals surface area contributed by atoms with E-state index in [4.69, 9.17) is 0 Å². The molecule has 0 heterocycles. The molecule has 3 nitrogen and oxygen atoms in total. The summed E-state index contributed by atoms with van der Waals surface area (Å²) in [4.78, 5) is 0. The molecule has 0 unspecified atom stereocenters. The van der Waals surface area contributed by atoms with Crippen molar-refractivity contribution in [2.75, 3.05) is 14.2 Å². The molecule has 5 heteroatoms. The molecule has 0 spiro atoms. The first-order valence-corrected chi connectivity index (χ1v) is 2.46. The van der Waals surface area contributed by atoms with Crippen molar-refractivity contribution < 1.29 is 30.4 Å². The van der Waals surface area contributed by atoms with Crippen LogP contribution in [0, 0.1) is 0 Å². The van der Waals surface area contributed by atoms with Gasteiger partial charge in [0.1, 0.15) is 0 Å². The summed E-state index contributed by atoms with van der Waals surface area (Å²) in [6.07, 6.45) is 0. The van der Waals surface area contributed by atoms with E-state index in [1.807, 2.05) is 0 Å². The van der Waals surface area contributed by atoms with Gasteiger partial charge in [-0.15, -0.1) is 9.05 Å². The maximum Gasteiger partial charge on any atom is 0.696 e. The van der Waals surface area contributed by atoms with Crippen molar-refractivity contribution in [3.8, 4) is 0 Å². The molecular formula is C2H6CoO3P+. The summed E-state index contributed by atoms with van der Waals surface area (Å²) < 4.78 is 18.3. The Morgan fingerprint density at radius 2 is 1.57 bits per heavy atom. The third-order valence-corrected chi connectivity index (χ3v) is 0.894. The molecule has 0 aliphatic rings. The van der Waals surface area contributed by atoms with Gasteiger partial charge in [0.2, 0.25) is 0 Å². The van der Waals surface area contributed by atoms with Crippen molar-refractivity contribution in [3.63, 3.8) is 0 Å². The zero-order valence-corrected chi connectivity index (χ0v) is 5.94. The van der Waals surface area contributed by atoms with Crippen LogP contribution in [0.4, 0.5) is 0 Å². The van der Waals surface area contributed by atoms with Gasteiger partial charge in [-0.1, -0.05) is 0 Å². The topological polar surface area (TPSA) is 35.5 Å². The third-order valence-electron chi connectivity index (χ3n) is 0.298. The second-order valence-electron chi connectivity index (χ2n) is 0.589. The van der Waals surface area contributed by atoms with Crippen molar-refractivity contribution in [3.05, 3.63) is 0 Å². The molecule has 0 amide bonds. The predicted molar refractivity (Wildman–Crippen MR) is 21.6 cm³/mol. The Morgan fingerprint density at radius 3 is 1.57 bits per heavy atom. The number of hydrogen-bond donors (Lipinski definition) is 0. The Kier molecular flexibility index (Phi) is 9.79. The minimum atomic E-state index is -1.83. The second kappa shape index (κ2) is 6.53. The first kappa shape index (κ1) is 10.5. The number of rotatable bonds is 2. The molecule has 0 N–H and O–H groups in total. The first-order chi connectivity index (χ1) is 2.81. The van der Waals surface area contributed by atoms with Crippen LogP contribution >= 0.6 is 8.25 Å². The summed E-state index contributed by atoms with van der Waals surface area (Å²) in [7, 11) is 0.817. The Labute approximate surface area is 53.5 Å². The maximum absolute atomic E-state index is 9.88. The molecule has 0 aromatic carbocycles. The van der Waals surface area contributed by atoms with Crippen LogP contribution in [0.1, 0.15) is 0 Å². The van der Waals surface area contributed by atoms with Gasteiger partial charge in [-0.25, -0.2) is 0 Å². The largest absolute Gasteiger partial charge is 0.696 e. The van der Waals surface area contributed by atoms with Crippen molar-refractivity contribution in [2.45, 2.75) is 0 Å². The second-order valence-corrected chi connectivity index (χ2v) is 1.77. The normalized spacial score (nSPS) is 7.14. The molecular weight excluding hydrogens is 162 g/mol. The fourth-order valence-corrected chi connectivity index (χ4v) is 0.224. The Bertz CT molecular complexity index is 50.9. The average Bonchev–Trinajstić information content (AvgIpc) is 1.65. The van der Waals surface area contributed by atoms with Gasteiger partial charge in [-0.3, -0.25) is 0 Å². The van der Waals surface area contributed by atoms with Crippen LogP contribution in [-0.2, 0) is 30.4 Å². The molecule has 0 saturated heterocycles. The van der Waals surface area contributed by atoms with Gasteiger partial charge in [0.05, 0.1) is 14.2 Å². The molecule has 0 aromatic heterocycles. The van der Waals surface area contributed by atoms with Gasteiger partial charge >= 0.3 is 8.25 Å². The zero-order chi connectivity index (χ0) is 4.99. The van der Waals surface area contributed by atoms with Gasteiger partial charge < -0.3 is 0 Å². The Balaban J connectivity index is 0. The fourth-order valence-electron chi connectivity index (χ4n) is 0.0745. The molecule has 1 radical (unpaired) electrons. The summed E-state index contributed by atoms with van der Waals surface area (Å²) in [5.74, 6) is 0. The SMILES string of the molecule is CO[P+](=O)OC.[Co]. The van der Waals surface area contributed by atoms with Gasteiger partial charge in [0.25, 0.3) is 0 Å². The summed E-state index contributed by atoms with van der Waals surface area (Å²) in [5, 5.41) is 0. The van der Waals surface area contributed by atoms with E-state index >= 15 is 0 Å². The molecule has 7 heavy (non-hydrogen) atoms.